The van der Waals surface area contributed by atoms with Gasteiger partial charge in [0.05, 0.1) is 40.4 Å². The Bertz CT molecular complexity index is 2070. The predicted molar refractivity (Wildman–Crippen MR) is 162 cm³/mol. The molecule has 1 amide bonds. The lowest BCUT2D eigenvalue weighted by Gasteiger charge is -2.22. The van der Waals surface area contributed by atoms with Crippen LogP contribution in [-0.2, 0) is 19.6 Å². The van der Waals surface area contributed by atoms with E-state index >= 15 is 0 Å². The number of benzene rings is 2. The molecule has 0 aliphatic carbocycles. The van der Waals surface area contributed by atoms with Crippen LogP contribution in [0.1, 0.15) is 37.7 Å². The molecule has 7 rings (SSSR count). The summed E-state index contributed by atoms with van der Waals surface area (Å²) in [5.74, 6) is 1.68. The molecule has 0 spiro atoms. The molecule has 0 bridgehead atoms. The lowest BCUT2D eigenvalue weighted by atomic mass is 10.1. The normalized spacial score (nSPS) is 18.2. The second-order valence-electron chi connectivity index (χ2n) is 11.0. The first-order chi connectivity index (χ1) is 21.1. The fourth-order valence-electron chi connectivity index (χ4n) is 6.01. The number of imidazole rings is 1. The van der Waals surface area contributed by atoms with Crippen molar-refractivity contribution in [2.24, 2.45) is 0 Å². The summed E-state index contributed by atoms with van der Waals surface area (Å²) >= 11 is 0. The van der Waals surface area contributed by atoms with Crippen molar-refractivity contribution in [1.82, 2.24) is 23.2 Å². The molecule has 3 aromatic heterocycles. The quantitative estimate of drug-likeness (QED) is 0.228. The van der Waals surface area contributed by atoms with Crippen LogP contribution >= 0.6 is 0 Å². The number of nitrogens with zero attached hydrogens (tertiary/aromatic N) is 5. The van der Waals surface area contributed by atoms with Gasteiger partial charge in [0.15, 0.2) is 23.0 Å². The Morgan fingerprint density at radius 2 is 1.77 bits per heavy atom. The van der Waals surface area contributed by atoms with E-state index in [9.17, 15) is 13.2 Å². The maximum atomic E-state index is 13.7. The average Bonchev–Trinajstić information content (AvgIpc) is 3.72. The van der Waals surface area contributed by atoms with Crippen LogP contribution in [0.2, 0.25) is 0 Å². The lowest BCUT2D eigenvalue weighted by molar-refractivity contribution is -0.130. The van der Waals surface area contributed by atoms with Gasteiger partial charge in [0, 0.05) is 32.0 Å². The highest BCUT2D eigenvalue weighted by Gasteiger charge is 2.39. The fourth-order valence-corrected chi connectivity index (χ4v) is 7.31. The van der Waals surface area contributed by atoms with E-state index in [2.05, 4.69) is 4.98 Å². The zero-order valence-electron chi connectivity index (χ0n) is 24.4. The monoisotopic (exact) mass is 614 g/mol. The molecular weight excluding hydrogens is 584 g/mol. The molecule has 2 atom stereocenters. The molecule has 2 aliphatic heterocycles. The summed E-state index contributed by atoms with van der Waals surface area (Å²) < 4.78 is 47.8. The van der Waals surface area contributed by atoms with E-state index in [1.54, 1.807) is 48.4 Å². The highest BCUT2D eigenvalue weighted by Crippen LogP contribution is 2.40. The highest BCUT2D eigenvalue weighted by molar-refractivity contribution is 7.90. The molecule has 5 aromatic rings. The number of fused-ring (bicyclic) bond motifs is 4. The van der Waals surface area contributed by atoms with Gasteiger partial charge in [-0.3, -0.25) is 14.6 Å². The van der Waals surface area contributed by atoms with Gasteiger partial charge in [-0.05, 0) is 43.3 Å². The van der Waals surface area contributed by atoms with Crippen molar-refractivity contribution in [1.29, 1.82) is 5.41 Å². The number of ether oxygens (including phenoxy) is 3. The Morgan fingerprint density at radius 1 is 1.02 bits per heavy atom. The van der Waals surface area contributed by atoms with Crippen molar-refractivity contribution >= 4 is 38.5 Å². The van der Waals surface area contributed by atoms with Crippen molar-refractivity contribution in [3.05, 3.63) is 72.3 Å². The molecule has 2 aliphatic rings. The van der Waals surface area contributed by atoms with Gasteiger partial charge in [0.1, 0.15) is 25.1 Å². The summed E-state index contributed by atoms with van der Waals surface area (Å²) in [4.78, 5) is 24.4. The van der Waals surface area contributed by atoms with E-state index in [4.69, 9.17) is 24.6 Å². The summed E-state index contributed by atoms with van der Waals surface area (Å²) in [7, 11) is -3.96. The summed E-state index contributed by atoms with van der Waals surface area (Å²) in [6.07, 6.45) is 3.10. The minimum atomic E-state index is -3.96. The maximum Gasteiger partial charge on any atom is 0.269 e. The van der Waals surface area contributed by atoms with Gasteiger partial charge in [-0.25, -0.2) is 22.4 Å². The average molecular weight is 615 g/mol. The fraction of sp³-hybridized carbons (Fsp3) is 0.290. The number of nitrogens with one attached hydrogen (secondary N) is 1. The van der Waals surface area contributed by atoms with Crippen molar-refractivity contribution in [3.63, 3.8) is 0 Å². The predicted octanol–water partition coefficient (Wildman–Crippen LogP) is 4.34. The topological polar surface area (TPSA) is 141 Å². The molecule has 44 heavy (non-hydrogen) atoms. The maximum absolute atomic E-state index is 13.7. The molecule has 0 saturated carbocycles. The number of carbonyl (C=O) groups excluding carboxylic acids is 1. The SMILES string of the molecule is CC(=N)OC1CC(c2nc(-c3ccc4c(c3)OCCO4)c3cnc4c(ccn4S(=O)(=O)c4ccc(C)cc4)n23)N(C(C)=O)C1. The summed E-state index contributed by atoms with van der Waals surface area (Å²) in [6, 6.07) is 13.4. The molecule has 0 radical (unpaired) electrons. The second kappa shape index (κ2) is 10.4. The first-order valence-electron chi connectivity index (χ1n) is 14.2. The smallest absolute Gasteiger partial charge is 0.269 e. The number of hydrogen-bond donors (Lipinski definition) is 1. The second-order valence-corrected chi connectivity index (χ2v) is 12.8. The zero-order chi connectivity index (χ0) is 30.7. The molecule has 13 heteroatoms. The molecule has 12 nitrogen and oxygen atoms in total. The third-order valence-electron chi connectivity index (χ3n) is 8.00. The van der Waals surface area contributed by atoms with Crippen LogP contribution in [0.3, 0.4) is 0 Å². The minimum Gasteiger partial charge on any atom is -0.486 e. The number of aryl methyl sites for hydroxylation is 1. The first kappa shape index (κ1) is 27.9. The van der Waals surface area contributed by atoms with Crippen molar-refractivity contribution in [2.45, 2.75) is 44.2 Å². The van der Waals surface area contributed by atoms with Crippen molar-refractivity contribution in [2.75, 3.05) is 19.8 Å². The summed E-state index contributed by atoms with van der Waals surface area (Å²) in [5, 5.41) is 7.84. The van der Waals surface area contributed by atoms with Crippen LogP contribution in [0, 0.1) is 12.3 Å². The Balaban J connectivity index is 1.45. The van der Waals surface area contributed by atoms with Crippen LogP contribution < -0.4 is 9.47 Å². The Labute approximate surface area is 253 Å². The molecule has 1 N–H and O–H groups in total. The number of carbonyl (C=O) groups is 1. The molecule has 226 valence electrons. The lowest BCUT2D eigenvalue weighted by Crippen LogP contribution is -2.31. The van der Waals surface area contributed by atoms with E-state index < -0.39 is 22.2 Å². The molecule has 1 saturated heterocycles. The van der Waals surface area contributed by atoms with Crippen LogP contribution in [-0.4, -0.2) is 69.3 Å². The molecule has 2 aromatic carbocycles. The highest BCUT2D eigenvalue weighted by atomic mass is 32.2. The molecule has 5 heterocycles. The van der Waals surface area contributed by atoms with E-state index in [0.717, 1.165) is 11.1 Å². The van der Waals surface area contributed by atoms with Crippen molar-refractivity contribution in [3.8, 4) is 22.8 Å². The third kappa shape index (κ3) is 4.55. The van der Waals surface area contributed by atoms with Crippen LogP contribution in [0.5, 0.6) is 11.5 Å². The van der Waals surface area contributed by atoms with E-state index in [0.29, 0.717) is 60.2 Å². The van der Waals surface area contributed by atoms with Crippen LogP contribution in [0.25, 0.3) is 27.9 Å². The number of likely N-dealkylation sites (tertiary alicyclic amines) is 1. The van der Waals surface area contributed by atoms with Crippen molar-refractivity contribution < 1.29 is 27.4 Å². The summed E-state index contributed by atoms with van der Waals surface area (Å²) in [6.45, 7) is 6.14. The van der Waals surface area contributed by atoms with Gasteiger partial charge in [-0.2, -0.15) is 0 Å². The van der Waals surface area contributed by atoms with E-state index in [-0.39, 0.29) is 22.3 Å². The Hall–Kier alpha value is -4.91. The van der Waals surface area contributed by atoms with Gasteiger partial charge in [-0.1, -0.05) is 17.7 Å². The van der Waals surface area contributed by atoms with Gasteiger partial charge < -0.3 is 19.1 Å². The van der Waals surface area contributed by atoms with Gasteiger partial charge in [0.2, 0.25) is 5.91 Å². The molecular formula is C31H30N6O6S. The first-order valence-corrected chi connectivity index (χ1v) is 15.7. The standard InChI is InChI=1S/C31H30N6O6S/c1-18-4-7-23(8-5-18)44(39,40)36-11-10-24-30(36)33-16-26-29(21-6-9-27-28(14-21)42-13-12-41-27)34-31(37(24)26)25-15-22(43-19(2)32)17-35(25)20(3)38/h4-11,14,16,22,25,32H,12-13,15,17H2,1-3H3. The third-order valence-corrected chi connectivity index (χ3v) is 9.68. The van der Waals surface area contributed by atoms with Gasteiger partial charge >= 0.3 is 0 Å². The zero-order valence-corrected chi connectivity index (χ0v) is 25.2. The molecule has 2 unspecified atom stereocenters. The molecule has 1 fully saturated rings. The van der Waals surface area contributed by atoms with E-state index in [1.807, 2.05) is 29.5 Å². The largest absolute Gasteiger partial charge is 0.486 e. The van der Waals surface area contributed by atoms with E-state index in [1.165, 1.54) is 17.1 Å². The van der Waals surface area contributed by atoms with Gasteiger partial charge in [-0.15, -0.1) is 0 Å². The Kier molecular flexibility index (Phi) is 6.57. The number of amides is 1. The number of hydrogen-bond acceptors (Lipinski definition) is 9. The Morgan fingerprint density at radius 3 is 2.50 bits per heavy atom. The van der Waals surface area contributed by atoms with Crippen LogP contribution in [0.4, 0.5) is 0 Å². The minimum absolute atomic E-state index is 0.0640. The summed E-state index contributed by atoms with van der Waals surface area (Å²) in [5.41, 5.74) is 3.66. The van der Waals surface area contributed by atoms with Crippen LogP contribution in [0.15, 0.2) is 65.8 Å². The number of rotatable bonds is 5. The number of aromatic nitrogens is 4. The van der Waals surface area contributed by atoms with Gasteiger partial charge in [0.25, 0.3) is 10.0 Å².